The highest BCUT2D eigenvalue weighted by Crippen LogP contribution is 2.26. The summed E-state index contributed by atoms with van der Waals surface area (Å²) in [4.78, 5) is 22.0. The SMILES string of the molecule is CC(C(=O)Nc1ccccc1)C(C)N1CCN(c2ccccn2)C(C)C1C. The van der Waals surface area contributed by atoms with Crippen molar-refractivity contribution in [2.24, 2.45) is 5.92 Å². The van der Waals surface area contributed by atoms with E-state index in [4.69, 9.17) is 0 Å². The number of para-hydroxylation sites is 1. The quantitative estimate of drug-likeness (QED) is 0.878. The van der Waals surface area contributed by atoms with E-state index in [1.54, 1.807) is 0 Å². The molecule has 1 saturated heterocycles. The number of aromatic nitrogens is 1. The first kappa shape index (κ1) is 19.4. The number of nitrogens with one attached hydrogen (secondary N) is 1. The summed E-state index contributed by atoms with van der Waals surface area (Å²) in [6.45, 7) is 10.5. The van der Waals surface area contributed by atoms with Gasteiger partial charge in [-0.2, -0.15) is 0 Å². The maximum absolute atomic E-state index is 12.7. The van der Waals surface area contributed by atoms with Crippen molar-refractivity contribution >= 4 is 17.4 Å². The molecule has 2 aromatic rings. The molecule has 0 bridgehead atoms. The van der Waals surface area contributed by atoms with Crippen molar-refractivity contribution in [1.29, 1.82) is 0 Å². The molecule has 0 spiro atoms. The van der Waals surface area contributed by atoms with Crippen LogP contribution in [0.5, 0.6) is 0 Å². The number of pyridine rings is 1. The van der Waals surface area contributed by atoms with Crippen LogP contribution in [0.2, 0.25) is 0 Å². The summed E-state index contributed by atoms with van der Waals surface area (Å²) in [5, 5.41) is 3.04. The van der Waals surface area contributed by atoms with E-state index in [0.717, 1.165) is 24.6 Å². The van der Waals surface area contributed by atoms with Gasteiger partial charge in [0.2, 0.25) is 5.91 Å². The van der Waals surface area contributed by atoms with Crippen LogP contribution < -0.4 is 10.2 Å². The number of piperazine rings is 1. The van der Waals surface area contributed by atoms with Crippen LogP contribution in [0.3, 0.4) is 0 Å². The number of hydrogen-bond donors (Lipinski definition) is 1. The fourth-order valence-corrected chi connectivity index (χ4v) is 3.87. The first-order valence-corrected chi connectivity index (χ1v) is 9.78. The number of hydrogen-bond acceptors (Lipinski definition) is 4. The minimum atomic E-state index is -0.0961. The maximum Gasteiger partial charge on any atom is 0.228 e. The lowest BCUT2D eigenvalue weighted by molar-refractivity contribution is -0.121. The van der Waals surface area contributed by atoms with Gasteiger partial charge in [-0.25, -0.2) is 4.98 Å². The van der Waals surface area contributed by atoms with E-state index in [1.807, 2.05) is 55.6 Å². The van der Waals surface area contributed by atoms with Gasteiger partial charge in [-0.1, -0.05) is 31.2 Å². The molecule has 27 heavy (non-hydrogen) atoms. The van der Waals surface area contributed by atoms with Crippen LogP contribution in [0.25, 0.3) is 0 Å². The summed E-state index contributed by atoms with van der Waals surface area (Å²) in [5.41, 5.74) is 0.850. The normalized spacial score (nSPS) is 22.9. The highest BCUT2D eigenvalue weighted by molar-refractivity contribution is 5.92. The predicted octanol–water partition coefficient (Wildman–Crippen LogP) is 3.64. The van der Waals surface area contributed by atoms with Crippen LogP contribution >= 0.6 is 0 Å². The van der Waals surface area contributed by atoms with Crippen molar-refractivity contribution in [2.75, 3.05) is 23.3 Å². The molecule has 1 aromatic heterocycles. The van der Waals surface area contributed by atoms with Gasteiger partial charge >= 0.3 is 0 Å². The molecule has 1 aliphatic rings. The lowest BCUT2D eigenvalue weighted by Gasteiger charge is -2.48. The molecule has 5 heteroatoms. The lowest BCUT2D eigenvalue weighted by atomic mass is 9.95. The maximum atomic E-state index is 12.7. The number of carbonyl (C=O) groups excluding carboxylic acids is 1. The van der Waals surface area contributed by atoms with Crippen molar-refractivity contribution in [3.63, 3.8) is 0 Å². The molecule has 0 aliphatic carbocycles. The summed E-state index contributed by atoms with van der Waals surface area (Å²) >= 11 is 0. The van der Waals surface area contributed by atoms with Crippen LogP contribution in [0.1, 0.15) is 27.7 Å². The van der Waals surface area contributed by atoms with Crippen molar-refractivity contribution in [3.8, 4) is 0 Å². The van der Waals surface area contributed by atoms with Crippen molar-refractivity contribution in [3.05, 3.63) is 54.7 Å². The summed E-state index contributed by atoms with van der Waals surface area (Å²) in [6.07, 6.45) is 1.84. The molecule has 144 valence electrons. The summed E-state index contributed by atoms with van der Waals surface area (Å²) in [6, 6.07) is 16.5. The van der Waals surface area contributed by atoms with Crippen LogP contribution in [0.4, 0.5) is 11.5 Å². The Morgan fingerprint density at radius 1 is 1.04 bits per heavy atom. The van der Waals surface area contributed by atoms with Crippen LogP contribution in [-0.4, -0.2) is 47.0 Å². The zero-order valence-electron chi connectivity index (χ0n) is 16.7. The van der Waals surface area contributed by atoms with Crippen LogP contribution in [-0.2, 0) is 4.79 Å². The molecule has 5 nitrogen and oxygen atoms in total. The van der Waals surface area contributed by atoms with Gasteiger partial charge in [0.05, 0.1) is 5.92 Å². The average Bonchev–Trinajstić information content (AvgIpc) is 2.70. The Balaban J connectivity index is 1.64. The Morgan fingerprint density at radius 3 is 2.41 bits per heavy atom. The van der Waals surface area contributed by atoms with E-state index in [0.29, 0.717) is 12.1 Å². The Bertz CT molecular complexity index is 736. The molecule has 1 aliphatic heterocycles. The van der Waals surface area contributed by atoms with Crippen molar-refractivity contribution in [1.82, 2.24) is 9.88 Å². The molecule has 1 N–H and O–H groups in total. The number of benzene rings is 1. The molecule has 0 radical (unpaired) electrons. The van der Waals surface area contributed by atoms with Gasteiger partial charge in [-0.3, -0.25) is 9.69 Å². The first-order valence-electron chi connectivity index (χ1n) is 9.78. The Kier molecular flexibility index (Phi) is 6.11. The number of nitrogens with zero attached hydrogens (tertiary/aromatic N) is 3. The van der Waals surface area contributed by atoms with Crippen molar-refractivity contribution in [2.45, 2.75) is 45.8 Å². The van der Waals surface area contributed by atoms with Gasteiger partial charge in [0.15, 0.2) is 0 Å². The Labute approximate surface area is 162 Å². The molecule has 2 heterocycles. The van der Waals surface area contributed by atoms with E-state index in [2.05, 4.69) is 46.9 Å². The predicted molar refractivity (Wildman–Crippen MR) is 111 cm³/mol. The largest absolute Gasteiger partial charge is 0.351 e. The van der Waals surface area contributed by atoms with Crippen LogP contribution in [0, 0.1) is 5.92 Å². The van der Waals surface area contributed by atoms with Crippen LogP contribution in [0.15, 0.2) is 54.7 Å². The fourth-order valence-electron chi connectivity index (χ4n) is 3.87. The highest BCUT2D eigenvalue weighted by Gasteiger charge is 2.36. The van der Waals surface area contributed by atoms with Gasteiger partial charge in [-0.05, 0) is 45.0 Å². The zero-order chi connectivity index (χ0) is 19.4. The topological polar surface area (TPSA) is 48.5 Å². The standard InChI is InChI=1S/C22H30N4O/c1-16(22(27)24-20-10-6-5-7-11-20)17(2)25-14-15-26(19(4)18(25)3)21-12-8-9-13-23-21/h5-13,16-19H,14-15H2,1-4H3,(H,24,27). The molecule has 0 saturated carbocycles. The average molecular weight is 367 g/mol. The van der Waals surface area contributed by atoms with E-state index in [-0.39, 0.29) is 17.9 Å². The number of carbonyl (C=O) groups is 1. The second-order valence-corrected chi connectivity index (χ2v) is 7.48. The minimum Gasteiger partial charge on any atom is -0.351 e. The fraction of sp³-hybridized carbons (Fsp3) is 0.455. The third-order valence-electron chi connectivity index (χ3n) is 5.96. The summed E-state index contributed by atoms with van der Waals surface area (Å²) in [7, 11) is 0. The molecular formula is C22H30N4O. The van der Waals surface area contributed by atoms with Crippen molar-refractivity contribution < 1.29 is 4.79 Å². The second kappa shape index (κ2) is 8.53. The smallest absolute Gasteiger partial charge is 0.228 e. The number of amides is 1. The minimum absolute atomic E-state index is 0.0701. The molecule has 1 aromatic carbocycles. The Morgan fingerprint density at radius 2 is 1.74 bits per heavy atom. The molecule has 3 rings (SSSR count). The molecule has 1 amide bonds. The summed E-state index contributed by atoms with van der Waals surface area (Å²) < 4.78 is 0. The third kappa shape index (κ3) is 4.30. The van der Waals surface area contributed by atoms with E-state index >= 15 is 0 Å². The number of rotatable bonds is 5. The van der Waals surface area contributed by atoms with Gasteiger partial charge in [0.1, 0.15) is 5.82 Å². The molecular weight excluding hydrogens is 336 g/mol. The number of anilines is 2. The first-order chi connectivity index (χ1) is 13.0. The molecule has 1 fully saturated rings. The van der Waals surface area contributed by atoms with E-state index in [1.165, 1.54) is 0 Å². The van der Waals surface area contributed by atoms with E-state index < -0.39 is 0 Å². The highest BCUT2D eigenvalue weighted by atomic mass is 16.1. The lowest BCUT2D eigenvalue weighted by Crippen LogP contribution is -2.61. The van der Waals surface area contributed by atoms with E-state index in [9.17, 15) is 4.79 Å². The second-order valence-electron chi connectivity index (χ2n) is 7.48. The molecule has 4 unspecified atom stereocenters. The summed E-state index contributed by atoms with van der Waals surface area (Å²) in [5.74, 6) is 1.00. The molecule has 4 atom stereocenters. The van der Waals surface area contributed by atoms with Gasteiger partial charge in [0, 0.05) is 43.1 Å². The monoisotopic (exact) mass is 366 g/mol. The van der Waals surface area contributed by atoms with Gasteiger partial charge in [-0.15, -0.1) is 0 Å². The van der Waals surface area contributed by atoms with Gasteiger partial charge < -0.3 is 10.2 Å². The Hall–Kier alpha value is -2.40. The van der Waals surface area contributed by atoms with Gasteiger partial charge in [0.25, 0.3) is 0 Å². The zero-order valence-corrected chi connectivity index (χ0v) is 16.7. The third-order valence-corrected chi connectivity index (χ3v) is 5.96.